The van der Waals surface area contributed by atoms with Crippen molar-refractivity contribution < 1.29 is 14.4 Å². The molecule has 0 radical (unpaired) electrons. The van der Waals surface area contributed by atoms with Crippen LogP contribution in [-0.4, -0.2) is 23.1 Å². The molecule has 0 fully saturated rings. The van der Waals surface area contributed by atoms with E-state index in [0.29, 0.717) is 22.0 Å². The Morgan fingerprint density at radius 1 is 1.26 bits per heavy atom. The minimum absolute atomic E-state index is 0.0235. The molecule has 3 rings (SSSR count). The predicted octanol–water partition coefficient (Wildman–Crippen LogP) is 5.82. The maximum absolute atomic E-state index is 10.9. The minimum Gasteiger partial charge on any atom is -0.493 e. The number of halogens is 1. The van der Waals surface area contributed by atoms with Gasteiger partial charge in [0.1, 0.15) is 5.01 Å². The van der Waals surface area contributed by atoms with Gasteiger partial charge < -0.3 is 9.47 Å². The molecule has 0 amide bonds. The van der Waals surface area contributed by atoms with Gasteiger partial charge in [-0.05, 0) is 43.7 Å². The average molecular weight is 405 g/mol. The molecule has 6 nitrogen and oxygen atoms in total. The summed E-state index contributed by atoms with van der Waals surface area (Å²) in [6.07, 6.45) is 3.68. The van der Waals surface area contributed by atoms with Crippen LogP contribution in [0.4, 0.5) is 5.69 Å². The minimum atomic E-state index is -0.427. The van der Waals surface area contributed by atoms with E-state index in [0.717, 1.165) is 15.3 Å². The van der Waals surface area contributed by atoms with Gasteiger partial charge in [0.15, 0.2) is 11.5 Å². The van der Waals surface area contributed by atoms with Gasteiger partial charge in [-0.15, -0.1) is 11.3 Å². The third-order valence-corrected chi connectivity index (χ3v) is 4.90. The summed E-state index contributed by atoms with van der Waals surface area (Å²) in [5.41, 5.74) is 1.46. The van der Waals surface area contributed by atoms with Gasteiger partial charge in [0.05, 0.1) is 33.4 Å². The Labute approximate surface area is 165 Å². The van der Waals surface area contributed by atoms with E-state index in [1.54, 1.807) is 19.2 Å². The number of nitro groups is 1. The molecule has 27 heavy (non-hydrogen) atoms. The van der Waals surface area contributed by atoms with Gasteiger partial charge in [-0.25, -0.2) is 4.98 Å². The van der Waals surface area contributed by atoms with E-state index in [1.165, 1.54) is 23.5 Å². The van der Waals surface area contributed by atoms with Crippen LogP contribution in [0.3, 0.4) is 0 Å². The zero-order valence-corrected chi connectivity index (χ0v) is 16.5. The number of nitrogens with zero attached hydrogens (tertiary/aromatic N) is 2. The predicted molar refractivity (Wildman–Crippen MR) is 109 cm³/mol. The van der Waals surface area contributed by atoms with E-state index in [1.807, 2.05) is 32.1 Å². The summed E-state index contributed by atoms with van der Waals surface area (Å²) in [5, 5.41) is 12.1. The standard InChI is InChI=1S/C19H17ClN2O4S/c1-11(2)26-19-14(20)8-12(9-16(19)25-3)4-7-18-21-15-10-13(22(23)24)5-6-17(15)27-18/h4-11H,1-3H3/b7-4+. The highest BCUT2D eigenvalue weighted by Gasteiger charge is 2.13. The number of non-ortho nitro benzene ring substituents is 1. The van der Waals surface area contributed by atoms with Gasteiger partial charge in [-0.3, -0.25) is 10.1 Å². The fourth-order valence-corrected chi connectivity index (χ4v) is 3.59. The molecule has 1 aromatic heterocycles. The van der Waals surface area contributed by atoms with E-state index in [4.69, 9.17) is 21.1 Å². The molecule has 0 saturated heterocycles. The van der Waals surface area contributed by atoms with E-state index in [-0.39, 0.29) is 11.8 Å². The second-order valence-corrected chi connectivity index (χ2v) is 7.46. The highest BCUT2D eigenvalue weighted by atomic mass is 35.5. The number of thiazole rings is 1. The molecule has 0 N–H and O–H groups in total. The Morgan fingerprint density at radius 3 is 2.70 bits per heavy atom. The largest absolute Gasteiger partial charge is 0.493 e. The maximum Gasteiger partial charge on any atom is 0.271 e. The summed E-state index contributed by atoms with van der Waals surface area (Å²) in [6, 6.07) is 8.28. The van der Waals surface area contributed by atoms with Crippen molar-refractivity contribution in [2.24, 2.45) is 0 Å². The molecule has 0 spiro atoms. The quantitative estimate of drug-likeness (QED) is 0.382. The topological polar surface area (TPSA) is 74.5 Å². The summed E-state index contributed by atoms with van der Waals surface area (Å²) in [6.45, 7) is 3.84. The van der Waals surface area contributed by atoms with Gasteiger partial charge in [-0.1, -0.05) is 17.7 Å². The fourth-order valence-electron chi connectivity index (χ4n) is 2.47. The number of fused-ring (bicyclic) bond motifs is 1. The van der Waals surface area contributed by atoms with Crippen molar-refractivity contribution in [3.05, 3.63) is 56.0 Å². The van der Waals surface area contributed by atoms with Crippen molar-refractivity contribution in [3.8, 4) is 11.5 Å². The number of rotatable bonds is 6. The first-order valence-corrected chi connectivity index (χ1v) is 9.34. The number of aromatic nitrogens is 1. The maximum atomic E-state index is 10.9. The molecule has 140 valence electrons. The zero-order chi connectivity index (χ0) is 19.6. The molecule has 0 aliphatic heterocycles. The van der Waals surface area contributed by atoms with E-state index in [9.17, 15) is 10.1 Å². The van der Waals surface area contributed by atoms with Crippen LogP contribution in [0.25, 0.3) is 22.4 Å². The molecule has 8 heteroatoms. The third kappa shape index (κ3) is 4.37. The molecule has 3 aromatic rings. The van der Waals surface area contributed by atoms with Crippen LogP contribution in [0.15, 0.2) is 30.3 Å². The second-order valence-electron chi connectivity index (χ2n) is 6.00. The van der Waals surface area contributed by atoms with Gasteiger partial charge in [0.25, 0.3) is 5.69 Å². The van der Waals surface area contributed by atoms with Crippen molar-refractivity contribution in [2.45, 2.75) is 20.0 Å². The first kappa shape index (κ1) is 19.1. The lowest BCUT2D eigenvalue weighted by molar-refractivity contribution is -0.384. The van der Waals surface area contributed by atoms with Crippen molar-refractivity contribution in [3.63, 3.8) is 0 Å². The van der Waals surface area contributed by atoms with Crippen LogP contribution in [0.1, 0.15) is 24.4 Å². The Morgan fingerprint density at radius 2 is 2.04 bits per heavy atom. The third-order valence-electron chi connectivity index (χ3n) is 3.62. The van der Waals surface area contributed by atoms with E-state index >= 15 is 0 Å². The highest BCUT2D eigenvalue weighted by Crippen LogP contribution is 2.37. The van der Waals surface area contributed by atoms with Crippen molar-refractivity contribution in [1.29, 1.82) is 0 Å². The first-order valence-electron chi connectivity index (χ1n) is 8.14. The van der Waals surface area contributed by atoms with Gasteiger partial charge >= 0.3 is 0 Å². The molecule has 0 saturated carbocycles. The molecule has 0 atom stereocenters. The van der Waals surface area contributed by atoms with Crippen molar-refractivity contribution >= 4 is 51.0 Å². The van der Waals surface area contributed by atoms with Crippen LogP contribution in [-0.2, 0) is 0 Å². The van der Waals surface area contributed by atoms with Gasteiger partial charge in [0.2, 0.25) is 0 Å². The monoisotopic (exact) mass is 404 g/mol. The summed E-state index contributed by atoms with van der Waals surface area (Å²) in [7, 11) is 1.56. The summed E-state index contributed by atoms with van der Waals surface area (Å²) in [5.74, 6) is 1.06. The Hall–Kier alpha value is -2.64. The summed E-state index contributed by atoms with van der Waals surface area (Å²) < 4.78 is 12.0. The molecule has 2 aromatic carbocycles. The normalized spacial score (nSPS) is 11.4. The lowest BCUT2D eigenvalue weighted by Crippen LogP contribution is -2.07. The molecule has 0 unspecified atom stereocenters. The van der Waals surface area contributed by atoms with Crippen LogP contribution in [0.5, 0.6) is 11.5 Å². The average Bonchev–Trinajstić information content (AvgIpc) is 3.03. The van der Waals surface area contributed by atoms with Crippen LogP contribution >= 0.6 is 22.9 Å². The van der Waals surface area contributed by atoms with Gasteiger partial charge in [0, 0.05) is 12.1 Å². The van der Waals surface area contributed by atoms with E-state index < -0.39 is 4.92 Å². The molecule has 0 bridgehead atoms. The van der Waals surface area contributed by atoms with Crippen LogP contribution < -0.4 is 9.47 Å². The Kier molecular flexibility index (Phi) is 5.62. The Balaban J connectivity index is 1.90. The van der Waals surface area contributed by atoms with Crippen LogP contribution in [0, 0.1) is 10.1 Å². The smallest absolute Gasteiger partial charge is 0.271 e. The lowest BCUT2D eigenvalue weighted by Gasteiger charge is -2.15. The number of hydrogen-bond acceptors (Lipinski definition) is 6. The van der Waals surface area contributed by atoms with Crippen molar-refractivity contribution in [1.82, 2.24) is 4.98 Å². The van der Waals surface area contributed by atoms with Crippen molar-refractivity contribution in [2.75, 3.05) is 7.11 Å². The molecule has 1 heterocycles. The molecular formula is C19H17ClN2O4S. The number of nitro benzene ring substituents is 1. The first-order chi connectivity index (χ1) is 12.9. The summed E-state index contributed by atoms with van der Waals surface area (Å²) in [4.78, 5) is 14.9. The molecule has 0 aliphatic rings. The SMILES string of the molecule is COc1cc(/C=C/c2nc3cc([N+](=O)[O-])ccc3s2)cc(Cl)c1OC(C)C. The highest BCUT2D eigenvalue weighted by molar-refractivity contribution is 7.19. The number of ether oxygens (including phenoxy) is 2. The Bertz CT molecular complexity index is 1030. The fraction of sp³-hybridized carbons (Fsp3) is 0.211. The lowest BCUT2D eigenvalue weighted by atomic mass is 10.2. The number of methoxy groups -OCH3 is 1. The zero-order valence-electron chi connectivity index (χ0n) is 14.9. The molecular weight excluding hydrogens is 388 g/mol. The number of benzene rings is 2. The molecule has 0 aliphatic carbocycles. The van der Waals surface area contributed by atoms with Gasteiger partial charge in [-0.2, -0.15) is 0 Å². The number of hydrogen-bond donors (Lipinski definition) is 0. The summed E-state index contributed by atoms with van der Waals surface area (Å²) >= 11 is 7.79. The van der Waals surface area contributed by atoms with E-state index in [2.05, 4.69) is 4.98 Å². The van der Waals surface area contributed by atoms with Crippen LogP contribution in [0.2, 0.25) is 5.02 Å². The second kappa shape index (κ2) is 7.94.